The zero-order valence-corrected chi connectivity index (χ0v) is 11.5. The number of nitrogens with zero attached hydrogens (tertiary/aromatic N) is 2. The molecule has 1 aliphatic heterocycles. The minimum Gasteiger partial charge on any atom is -0.320 e. The van der Waals surface area contributed by atoms with E-state index in [9.17, 15) is 0 Å². The van der Waals surface area contributed by atoms with Crippen LogP contribution in [0.25, 0.3) is 0 Å². The Balaban J connectivity index is 2.37. The van der Waals surface area contributed by atoms with Crippen LogP contribution >= 0.6 is 0 Å². The van der Waals surface area contributed by atoms with Crippen molar-refractivity contribution in [1.82, 2.24) is 15.1 Å². The fraction of sp³-hybridized carbons (Fsp3) is 1.00. The van der Waals surface area contributed by atoms with Crippen molar-refractivity contribution in [2.45, 2.75) is 31.7 Å². The largest absolute Gasteiger partial charge is 0.320 e. The maximum atomic E-state index is 3.25. The van der Waals surface area contributed by atoms with Crippen LogP contribution < -0.4 is 5.32 Å². The third kappa shape index (κ3) is 4.40. The van der Waals surface area contributed by atoms with Gasteiger partial charge >= 0.3 is 0 Å². The van der Waals surface area contributed by atoms with Crippen molar-refractivity contribution < 1.29 is 0 Å². The second kappa shape index (κ2) is 7.25. The van der Waals surface area contributed by atoms with Crippen LogP contribution in [0.15, 0.2) is 0 Å². The summed E-state index contributed by atoms with van der Waals surface area (Å²) in [4.78, 5) is 4.89. The molecule has 0 aromatic carbocycles. The summed E-state index contributed by atoms with van der Waals surface area (Å²) in [5.74, 6) is 0.906. The van der Waals surface area contributed by atoms with Crippen molar-refractivity contribution >= 4 is 0 Å². The molecule has 1 atom stereocenters. The monoisotopic (exact) mass is 227 g/mol. The second-order valence-electron chi connectivity index (χ2n) is 5.42. The van der Waals surface area contributed by atoms with E-state index in [1.54, 1.807) is 0 Å². The van der Waals surface area contributed by atoms with Crippen LogP contribution in [-0.4, -0.2) is 63.7 Å². The van der Waals surface area contributed by atoms with Gasteiger partial charge in [-0.15, -0.1) is 0 Å². The average molecular weight is 227 g/mol. The smallest absolute Gasteiger partial charge is 0.0119 e. The molecule has 1 unspecified atom stereocenters. The number of hydrogen-bond donors (Lipinski definition) is 1. The molecule has 1 aliphatic rings. The maximum absolute atomic E-state index is 3.25. The molecule has 0 aliphatic carbocycles. The zero-order chi connectivity index (χ0) is 12.0. The molecule has 1 N–H and O–H groups in total. The summed E-state index contributed by atoms with van der Waals surface area (Å²) in [6.07, 6.45) is 5.38. The first-order valence-electron chi connectivity index (χ1n) is 6.64. The van der Waals surface area contributed by atoms with E-state index in [2.05, 4.69) is 36.3 Å². The lowest BCUT2D eigenvalue weighted by Gasteiger charge is -2.37. The lowest BCUT2D eigenvalue weighted by molar-refractivity contribution is 0.123. The predicted molar refractivity (Wildman–Crippen MR) is 70.9 cm³/mol. The van der Waals surface area contributed by atoms with E-state index in [0.29, 0.717) is 0 Å². The molecule has 3 nitrogen and oxygen atoms in total. The van der Waals surface area contributed by atoms with Gasteiger partial charge in [0, 0.05) is 6.04 Å². The second-order valence-corrected chi connectivity index (χ2v) is 5.42. The SMILES string of the molecule is CNCCCC(C1CCN(C)CC1)N(C)C. The van der Waals surface area contributed by atoms with Crippen LogP contribution in [0.3, 0.4) is 0 Å². The highest BCUT2D eigenvalue weighted by atomic mass is 15.1. The van der Waals surface area contributed by atoms with Gasteiger partial charge in [-0.3, -0.25) is 0 Å². The summed E-state index contributed by atoms with van der Waals surface area (Å²) < 4.78 is 0. The predicted octanol–water partition coefficient (Wildman–Crippen LogP) is 1.26. The third-order valence-electron chi connectivity index (χ3n) is 3.90. The van der Waals surface area contributed by atoms with E-state index in [0.717, 1.165) is 18.5 Å². The minimum atomic E-state index is 0.780. The summed E-state index contributed by atoms with van der Waals surface area (Å²) in [7, 11) is 8.76. The Bertz CT molecular complexity index is 174. The molecule has 0 aromatic heterocycles. The van der Waals surface area contributed by atoms with Gasteiger partial charge in [-0.2, -0.15) is 0 Å². The highest BCUT2D eigenvalue weighted by molar-refractivity contribution is 4.81. The van der Waals surface area contributed by atoms with Crippen LogP contribution in [0, 0.1) is 5.92 Å². The maximum Gasteiger partial charge on any atom is 0.0119 e. The molecule has 0 radical (unpaired) electrons. The van der Waals surface area contributed by atoms with Crippen molar-refractivity contribution in [3.63, 3.8) is 0 Å². The van der Waals surface area contributed by atoms with E-state index in [1.807, 2.05) is 7.05 Å². The van der Waals surface area contributed by atoms with Gasteiger partial charge in [-0.05, 0) is 79.4 Å². The molecule has 1 rings (SSSR count). The fourth-order valence-corrected chi connectivity index (χ4v) is 2.82. The number of hydrogen-bond acceptors (Lipinski definition) is 3. The number of nitrogens with one attached hydrogen (secondary N) is 1. The topological polar surface area (TPSA) is 18.5 Å². The Labute approximate surface area is 101 Å². The van der Waals surface area contributed by atoms with Gasteiger partial charge in [0.2, 0.25) is 0 Å². The quantitative estimate of drug-likeness (QED) is 0.689. The van der Waals surface area contributed by atoms with E-state index in [4.69, 9.17) is 0 Å². The van der Waals surface area contributed by atoms with Crippen molar-refractivity contribution in [2.24, 2.45) is 5.92 Å². The van der Waals surface area contributed by atoms with Crippen LogP contribution in [-0.2, 0) is 0 Å². The number of likely N-dealkylation sites (tertiary alicyclic amines) is 1. The summed E-state index contributed by atoms with van der Waals surface area (Å²) >= 11 is 0. The molecule has 1 fully saturated rings. The molecule has 3 heteroatoms. The highest BCUT2D eigenvalue weighted by Gasteiger charge is 2.26. The Kier molecular flexibility index (Phi) is 6.32. The van der Waals surface area contributed by atoms with E-state index in [1.165, 1.54) is 38.8 Å². The summed E-state index contributed by atoms with van der Waals surface area (Å²) in [5.41, 5.74) is 0. The molecular formula is C13H29N3. The average Bonchev–Trinajstić information content (AvgIpc) is 2.26. The first kappa shape index (κ1) is 13.9. The third-order valence-corrected chi connectivity index (χ3v) is 3.90. The van der Waals surface area contributed by atoms with Crippen LogP contribution in [0.1, 0.15) is 25.7 Å². The minimum absolute atomic E-state index is 0.780. The summed E-state index contributed by atoms with van der Waals surface area (Å²) in [5, 5.41) is 3.25. The molecule has 0 saturated carbocycles. The molecule has 0 bridgehead atoms. The Morgan fingerprint density at radius 2 is 1.94 bits per heavy atom. The number of rotatable bonds is 6. The fourth-order valence-electron chi connectivity index (χ4n) is 2.82. The van der Waals surface area contributed by atoms with E-state index < -0.39 is 0 Å². The van der Waals surface area contributed by atoms with Gasteiger partial charge in [-0.25, -0.2) is 0 Å². The van der Waals surface area contributed by atoms with Gasteiger partial charge < -0.3 is 15.1 Å². The first-order valence-corrected chi connectivity index (χ1v) is 6.64. The molecule has 1 saturated heterocycles. The normalized spacial score (nSPS) is 21.6. The van der Waals surface area contributed by atoms with Gasteiger partial charge in [-0.1, -0.05) is 0 Å². The van der Waals surface area contributed by atoms with Crippen LogP contribution in [0.5, 0.6) is 0 Å². The molecule has 0 aromatic rings. The van der Waals surface area contributed by atoms with Crippen LogP contribution in [0.2, 0.25) is 0 Å². The lowest BCUT2D eigenvalue weighted by atomic mass is 9.86. The van der Waals surface area contributed by atoms with Crippen molar-refractivity contribution in [3.8, 4) is 0 Å². The number of piperidine rings is 1. The Morgan fingerprint density at radius 1 is 1.31 bits per heavy atom. The molecule has 96 valence electrons. The first-order chi connectivity index (χ1) is 7.65. The molecule has 1 heterocycles. The van der Waals surface area contributed by atoms with Gasteiger partial charge in [0.25, 0.3) is 0 Å². The standard InChI is InChI=1S/C13H29N3/c1-14-9-5-6-13(15(2)3)12-7-10-16(4)11-8-12/h12-14H,5-11H2,1-4H3. The molecule has 0 spiro atoms. The zero-order valence-electron chi connectivity index (χ0n) is 11.5. The van der Waals surface area contributed by atoms with Gasteiger partial charge in [0.15, 0.2) is 0 Å². The van der Waals surface area contributed by atoms with E-state index in [-0.39, 0.29) is 0 Å². The Morgan fingerprint density at radius 3 is 2.44 bits per heavy atom. The molecule has 16 heavy (non-hydrogen) atoms. The lowest BCUT2D eigenvalue weighted by Crippen LogP contribution is -2.42. The van der Waals surface area contributed by atoms with E-state index >= 15 is 0 Å². The van der Waals surface area contributed by atoms with Gasteiger partial charge in [0.1, 0.15) is 0 Å². The van der Waals surface area contributed by atoms with Crippen LogP contribution in [0.4, 0.5) is 0 Å². The van der Waals surface area contributed by atoms with Crippen molar-refractivity contribution in [1.29, 1.82) is 0 Å². The molecular weight excluding hydrogens is 198 g/mol. The highest BCUT2D eigenvalue weighted by Crippen LogP contribution is 2.25. The molecule has 0 amide bonds. The Hall–Kier alpha value is -0.120. The van der Waals surface area contributed by atoms with Gasteiger partial charge in [0.05, 0.1) is 0 Å². The summed E-state index contributed by atoms with van der Waals surface area (Å²) in [6, 6.07) is 0.780. The van der Waals surface area contributed by atoms with Crippen molar-refractivity contribution in [2.75, 3.05) is 47.8 Å². The van der Waals surface area contributed by atoms with Crippen molar-refractivity contribution in [3.05, 3.63) is 0 Å². The summed E-state index contributed by atoms with van der Waals surface area (Å²) in [6.45, 7) is 3.71.